The number of benzene rings is 1. The lowest BCUT2D eigenvalue weighted by atomic mass is 10.1. The van der Waals surface area contributed by atoms with Crippen molar-refractivity contribution in [1.29, 1.82) is 0 Å². The summed E-state index contributed by atoms with van der Waals surface area (Å²) in [7, 11) is 0. The van der Waals surface area contributed by atoms with Crippen molar-refractivity contribution in [3.63, 3.8) is 0 Å². The second kappa shape index (κ2) is 8.29. The Bertz CT molecular complexity index is 1160. The highest BCUT2D eigenvalue weighted by Gasteiger charge is 2.37. The van der Waals surface area contributed by atoms with E-state index in [9.17, 15) is 26.3 Å². The monoisotopic (exact) mass is 485 g/mol. The van der Waals surface area contributed by atoms with Crippen molar-refractivity contribution >= 4 is 28.7 Å². The topological polar surface area (TPSA) is 79.7 Å². The summed E-state index contributed by atoms with van der Waals surface area (Å²) in [5, 5.41) is 9.14. The van der Waals surface area contributed by atoms with Gasteiger partial charge in [-0.15, -0.1) is 0 Å². The highest BCUT2D eigenvalue weighted by atomic mass is 19.4. The molecule has 1 aromatic carbocycles. The van der Waals surface area contributed by atoms with Gasteiger partial charge in [-0.1, -0.05) is 0 Å². The van der Waals surface area contributed by atoms with Gasteiger partial charge in [-0.05, 0) is 57.0 Å². The molecule has 0 spiro atoms. The fourth-order valence-electron chi connectivity index (χ4n) is 4.03. The maximum atomic E-state index is 13.3. The van der Waals surface area contributed by atoms with Gasteiger partial charge in [-0.2, -0.15) is 31.3 Å². The van der Waals surface area contributed by atoms with Crippen molar-refractivity contribution in [1.82, 2.24) is 24.8 Å². The molecular weight excluding hydrogens is 464 g/mol. The van der Waals surface area contributed by atoms with Crippen LogP contribution in [0.2, 0.25) is 0 Å². The van der Waals surface area contributed by atoms with Crippen molar-refractivity contribution in [2.24, 2.45) is 0 Å². The predicted octanol–water partition coefficient (Wildman–Crippen LogP) is 5.11. The van der Waals surface area contributed by atoms with Gasteiger partial charge in [0.05, 0.1) is 17.3 Å². The molecule has 3 heterocycles. The zero-order chi connectivity index (χ0) is 24.1. The Hall–Kier alpha value is -3.09. The van der Waals surface area contributed by atoms with E-state index in [4.69, 9.17) is 0 Å². The molecule has 13 heteroatoms. The Labute approximate surface area is 190 Å². The van der Waals surface area contributed by atoms with Crippen LogP contribution in [0, 0.1) is 0 Å². The van der Waals surface area contributed by atoms with Crippen LogP contribution in [0.25, 0.3) is 11.2 Å². The SMILES string of the molecule is FC(F)(F)c1cc(Nc2nc3cnc(NC4CC4)nc3n2C2CCNCC2)cc(C(F)(F)F)c1. The molecule has 2 aromatic heterocycles. The molecule has 5 rings (SSSR count). The van der Waals surface area contributed by atoms with Gasteiger partial charge in [0.15, 0.2) is 5.65 Å². The summed E-state index contributed by atoms with van der Waals surface area (Å²) in [5.74, 6) is 0.530. The van der Waals surface area contributed by atoms with Crippen LogP contribution in [0.5, 0.6) is 0 Å². The van der Waals surface area contributed by atoms with Crippen LogP contribution in [-0.2, 0) is 12.4 Å². The van der Waals surface area contributed by atoms with Gasteiger partial charge in [-0.25, -0.2) is 9.97 Å². The van der Waals surface area contributed by atoms with Crippen LogP contribution in [-0.4, -0.2) is 38.7 Å². The minimum absolute atomic E-state index is 0.0923. The van der Waals surface area contributed by atoms with Crippen molar-refractivity contribution in [2.75, 3.05) is 23.7 Å². The number of nitrogens with one attached hydrogen (secondary N) is 3. The Morgan fingerprint density at radius 3 is 2.12 bits per heavy atom. The highest BCUT2D eigenvalue weighted by Crippen LogP contribution is 2.39. The molecule has 0 radical (unpaired) electrons. The number of fused-ring (bicyclic) bond motifs is 1. The standard InChI is InChI=1S/C21H21F6N7/c22-20(23,24)11-7-12(21(25,26)27)9-14(8-11)31-19-32-16-10-29-18(30-13-1-2-13)33-17(16)34(19)15-3-5-28-6-4-15/h7-10,13,15,28H,1-6H2,(H,31,32)(H,29,30,33). The molecule has 1 saturated carbocycles. The van der Waals surface area contributed by atoms with Gasteiger partial charge in [-0.3, -0.25) is 4.57 Å². The van der Waals surface area contributed by atoms with Gasteiger partial charge in [0.1, 0.15) is 5.52 Å². The number of anilines is 3. The van der Waals surface area contributed by atoms with Crippen LogP contribution >= 0.6 is 0 Å². The Kier molecular flexibility index (Phi) is 5.53. The first-order valence-electron chi connectivity index (χ1n) is 10.9. The quantitative estimate of drug-likeness (QED) is 0.436. The molecule has 0 atom stereocenters. The molecule has 2 aliphatic rings. The summed E-state index contributed by atoms with van der Waals surface area (Å²) >= 11 is 0. The van der Waals surface area contributed by atoms with E-state index in [2.05, 4.69) is 30.9 Å². The first-order valence-corrected chi connectivity index (χ1v) is 10.9. The molecule has 1 aliphatic carbocycles. The number of imidazole rings is 1. The van der Waals surface area contributed by atoms with Gasteiger partial charge in [0.2, 0.25) is 11.9 Å². The lowest BCUT2D eigenvalue weighted by Crippen LogP contribution is -2.30. The van der Waals surface area contributed by atoms with E-state index in [1.54, 1.807) is 4.57 Å². The second-order valence-corrected chi connectivity index (χ2v) is 8.53. The lowest BCUT2D eigenvalue weighted by Gasteiger charge is -2.26. The third-order valence-corrected chi connectivity index (χ3v) is 5.86. The van der Waals surface area contributed by atoms with Crippen molar-refractivity contribution < 1.29 is 26.3 Å². The van der Waals surface area contributed by atoms with Gasteiger partial charge < -0.3 is 16.0 Å². The van der Waals surface area contributed by atoms with Crippen LogP contribution < -0.4 is 16.0 Å². The Morgan fingerprint density at radius 1 is 0.882 bits per heavy atom. The highest BCUT2D eigenvalue weighted by molar-refractivity contribution is 5.77. The largest absolute Gasteiger partial charge is 0.416 e. The summed E-state index contributed by atoms with van der Waals surface area (Å²) in [4.78, 5) is 13.2. The molecule has 34 heavy (non-hydrogen) atoms. The summed E-state index contributed by atoms with van der Waals surface area (Å²) in [5.41, 5.74) is -2.30. The average Bonchev–Trinajstić information content (AvgIpc) is 3.52. The molecule has 0 amide bonds. The number of hydrogen-bond acceptors (Lipinski definition) is 6. The third kappa shape index (κ3) is 4.74. The van der Waals surface area contributed by atoms with E-state index in [0.717, 1.165) is 12.8 Å². The van der Waals surface area contributed by atoms with E-state index in [-0.39, 0.29) is 23.7 Å². The number of aromatic nitrogens is 4. The summed E-state index contributed by atoms with van der Waals surface area (Å²) in [6.07, 6.45) is -4.96. The number of piperidine rings is 1. The molecule has 3 aromatic rings. The van der Waals surface area contributed by atoms with Crippen LogP contribution in [0.4, 0.5) is 43.9 Å². The molecular formula is C21H21F6N7. The summed E-state index contributed by atoms with van der Waals surface area (Å²) in [6.45, 7) is 1.42. The van der Waals surface area contributed by atoms with E-state index < -0.39 is 23.5 Å². The maximum Gasteiger partial charge on any atom is 0.416 e. The molecule has 182 valence electrons. The lowest BCUT2D eigenvalue weighted by molar-refractivity contribution is -0.143. The van der Waals surface area contributed by atoms with E-state index in [1.807, 2.05) is 0 Å². The summed E-state index contributed by atoms with van der Waals surface area (Å²) < 4.78 is 81.7. The molecule has 0 bridgehead atoms. The van der Waals surface area contributed by atoms with Gasteiger partial charge >= 0.3 is 12.4 Å². The number of nitrogens with zero attached hydrogens (tertiary/aromatic N) is 4. The smallest absolute Gasteiger partial charge is 0.351 e. The fourth-order valence-corrected chi connectivity index (χ4v) is 4.03. The van der Waals surface area contributed by atoms with E-state index >= 15 is 0 Å². The molecule has 1 aliphatic heterocycles. The van der Waals surface area contributed by atoms with Gasteiger partial charge in [0.25, 0.3) is 0 Å². The Morgan fingerprint density at radius 2 is 1.53 bits per heavy atom. The number of alkyl halides is 6. The predicted molar refractivity (Wildman–Crippen MR) is 113 cm³/mol. The van der Waals surface area contributed by atoms with Gasteiger partial charge in [0, 0.05) is 17.8 Å². The third-order valence-electron chi connectivity index (χ3n) is 5.86. The van der Waals surface area contributed by atoms with Crippen LogP contribution in [0.1, 0.15) is 42.9 Å². The second-order valence-electron chi connectivity index (χ2n) is 8.53. The van der Waals surface area contributed by atoms with Crippen LogP contribution in [0.3, 0.4) is 0 Å². The molecule has 7 nitrogen and oxygen atoms in total. The normalized spacial score (nSPS) is 17.8. The first-order chi connectivity index (χ1) is 16.1. The summed E-state index contributed by atoms with van der Waals surface area (Å²) in [6, 6.07) is 1.60. The molecule has 3 N–H and O–H groups in total. The minimum atomic E-state index is -4.94. The van der Waals surface area contributed by atoms with E-state index in [1.165, 1.54) is 6.20 Å². The maximum absolute atomic E-state index is 13.3. The zero-order valence-corrected chi connectivity index (χ0v) is 17.8. The fraction of sp³-hybridized carbons (Fsp3) is 0.476. The van der Waals surface area contributed by atoms with Crippen molar-refractivity contribution in [3.8, 4) is 0 Å². The number of hydrogen-bond donors (Lipinski definition) is 3. The number of halogens is 6. The van der Waals surface area contributed by atoms with E-state index in [0.29, 0.717) is 61.2 Å². The van der Waals surface area contributed by atoms with Crippen molar-refractivity contribution in [2.45, 2.75) is 50.1 Å². The molecule has 1 saturated heterocycles. The molecule has 0 unspecified atom stereocenters. The minimum Gasteiger partial charge on any atom is -0.351 e. The molecule has 2 fully saturated rings. The Balaban J connectivity index is 1.59. The van der Waals surface area contributed by atoms with Crippen LogP contribution in [0.15, 0.2) is 24.4 Å². The number of rotatable bonds is 5. The van der Waals surface area contributed by atoms with Crippen molar-refractivity contribution in [3.05, 3.63) is 35.5 Å². The zero-order valence-electron chi connectivity index (χ0n) is 17.8. The first kappa shape index (κ1) is 22.7. The average molecular weight is 485 g/mol.